The number of nitrogens with one attached hydrogen (secondary N) is 1. The van der Waals surface area contributed by atoms with Gasteiger partial charge in [-0.1, -0.05) is 12.1 Å². The third-order valence-corrected chi connectivity index (χ3v) is 4.41. The Hall–Kier alpha value is -3.16. The highest BCUT2D eigenvalue weighted by Crippen LogP contribution is 2.23. The van der Waals surface area contributed by atoms with Crippen LogP contribution in [-0.2, 0) is 0 Å². The second-order valence-corrected chi connectivity index (χ2v) is 5.78. The van der Waals surface area contributed by atoms with Crippen molar-refractivity contribution in [2.45, 2.75) is 0 Å². The lowest BCUT2D eigenvalue weighted by Gasteiger charge is -2.35. The monoisotopic (exact) mass is 338 g/mol. The number of fused-ring (bicyclic) bond motifs is 1. The number of rotatable bonds is 3. The molecule has 0 spiro atoms. The van der Waals surface area contributed by atoms with Crippen LogP contribution in [0.2, 0.25) is 0 Å². The van der Waals surface area contributed by atoms with E-state index in [0.29, 0.717) is 43.1 Å². The summed E-state index contributed by atoms with van der Waals surface area (Å²) in [4.78, 5) is 32.5. The highest BCUT2D eigenvalue weighted by molar-refractivity contribution is 5.97. The molecule has 1 fully saturated rings. The zero-order valence-corrected chi connectivity index (χ0v) is 13.8. The Labute approximate surface area is 144 Å². The summed E-state index contributed by atoms with van der Waals surface area (Å²) in [5.41, 5.74) is 2.07. The Morgan fingerprint density at radius 1 is 1.12 bits per heavy atom. The van der Waals surface area contributed by atoms with E-state index >= 15 is 0 Å². The number of carbonyl (C=O) groups is 1. The standard InChI is InChI=1S/C17H18N6O2/c1-25-13-5-3-2-4-12(13)17(24)23-8-6-22(7-9-23)16-14-15(19-10-18-14)20-11-21-16/h2-5,10-11H,6-9H2,1H3,(H,18,19,20,21). The Bertz CT molecular complexity index is 901. The summed E-state index contributed by atoms with van der Waals surface area (Å²) in [6, 6.07) is 7.31. The molecule has 8 heteroatoms. The minimum Gasteiger partial charge on any atom is -0.496 e. The van der Waals surface area contributed by atoms with E-state index in [4.69, 9.17) is 4.74 Å². The van der Waals surface area contributed by atoms with Gasteiger partial charge in [-0.25, -0.2) is 15.0 Å². The van der Waals surface area contributed by atoms with Gasteiger partial charge in [-0.15, -0.1) is 0 Å². The smallest absolute Gasteiger partial charge is 0.257 e. The van der Waals surface area contributed by atoms with Crippen LogP contribution in [0.5, 0.6) is 5.75 Å². The summed E-state index contributed by atoms with van der Waals surface area (Å²) in [5.74, 6) is 1.42. The number of hydrogen-bond acceptors (Lipinski definition) is 6. The van der Waals surface area contributed by atoms with Crippen LogP contribution in [0.1, 0.15) is 10.4 Å². The van der Waals surface area contributed by atoms with Crippen LogP contribution in [0.15, 0.2) is 36.9 Å². The number of methoxy groups -OCH3 is 1. The molecule has 4 rings (SSSR count). The number of benzene rings is 1. The summed E-state index contributed by atoms with van der Waals surface area (Å²) < 4.78 is 5.30. The first-order valence-electron chi connectivity index (χ1n) is 8.09. The van der Waals surface area contributed by atoms with Crippen molar-refractivity contribution in [3.05, 3.63) is 42.5 Å². The summed E-state index contributed by atoms with van der Waals surface area (Å²) in [6.07, 6.45) is 3.13. The predicted octanol–water partition coefficient (Wildman–Crippen LogP) is 1.32. The third-order valence-electron chi connectivity index (χ3n) is 4.41. The second-order valence-electron chi connectivity index (χ2n) is 5.78. The first kappa shape index (κ1) is 15.4. The maximum Gasteiger partial charge on any atom is 0.257 e. The van der Waals surface area contributed by atoms with Crippen LogP contribution in [0, 0.1) is 0 Å². The Morgan fingerprint density at radius 3 is 2.72 bits per heavy atom. The fourth-order valence-corrected chi connectivity index (χ4v) is 3.11. The van der Waals surface area contributed by atoms with Crippen LogP contribution in [0.3, 0.4) is 0 Å². The number of piperazine rings is 1. The third kappa shape index (κ3) is 2.75. The van der Waals surface area contributed by atoms with Crippen molar-refractivity contribution >= 4 is 22.9 Å². The predicted molar refractivity (Wildman–Crippen MR) is 92.8 cm³/mol. The van der Waals surface area contributed by atoms with E-state index in [1.165, 1.54) is 6.33 Å². The fraction of sp³-hybridized carbons (Fsp3) is 0.294. The summed E-state index contributed by atoms with van der Waals surface area (Å²) in [7, 11) is 1.58. The van der Waals surface area contributed by atoms with Crippen molar-refractivity contribution in [2.24, 2.45) is 0 Å². The van der Waals surface area contributed by atoms with Crippen molar-refractivity contribution in [3.8, 4) is 5.75 Å². The van der Waals surface area contributed by atoms with Gasteiger partial charge in [-0.3, -0.25) is 4.79 Å². The van der Waals surface area contributed by atoms with Gasteiger partial charge in [0.25, 0.3) is 5.91 Å². The SMILES string of the molecule is COc1ccccc1C(=O)N1CCN(c2ncnc3nc[nH]c23)CC1. The number of aromatic nitrogens is 4. The van der Waals surface area contributed by atoms with Gasteiger partial charge in [0, 0.05) is 26.2 Å². The zero-order valence-electron chi connectivity index (χ0n) is 13.8. The second kappa shape index (κ2) is 6.39. The van der Waals surface area contributed by atoms with E-state index in [2.05, 4.69) is 24.8 Å². The lowest BCUT2D eigenvalue weighted by Crippen LogP contribution is -2.49. The minimum atomic E-state index is -0.00789. The summed E-state index contributed by atoms with van der Waals surface area (Å²) >= 11 is 0. The molecular weight excluding hydrogens is 320 g/mol. The molecule has 8 nitrogen and oxygen atoms in total. The lowest BCUT2D eigenvalue weighted by atomic mass is 10.1. The molecule has 1 saturated heterocycles. The van der Waals surface area contributed by atoms with Gasteiger partial charge >= 0.3 is 0 Å². The molecule has 25 heavy (non-hydrogen) atoms. The first-order valence-corrected chi connectivity index (χ1v) is 8.09. The van der Waals surface area contributed by atoms with Gasteiger partial charge in [0.2, 0.25) is 0 Å². The van der Waals surface area contributed by atoms with Gasteiger partial charge in [0.15, 0.2) is 11.5 Å². The number of hydrogen-bond donors (Lipinski definition) is 1. The molecule has 1 amide bonds. The first-order chi connectivity index (χ1) is 12.3. The molecule has 1 aliphatic heterocycles. The topological polar surface area (TPSA) is 87.2 Å². The van der Waals surface area contributed by atoms with Crippen LogP contribution < -0.4 is 9.64 Å². The van der Waals surface area contributed by atoms with Gasteiger partial charge in [-0.05, 0) is 12.1 Å². The maximum absolute atomic E-state index is 12.8. The Morgan fingerprint density at radius 2 is 1.92 bits per heavy atom. The molecule has 0 radical (unpaired) electrons. The molecule has 2 aromatic heterocycles. The molecule has 0 unspecified atom stereocenters. The zero-order chi connectivity index (χ0) is 17.2. The molecule has 1 aliphatic rings. The maximum atomic E-state index is 12.8. The molecule has 0 aliphatic carbocycles. The Kier molecular flexibility index (Phi) is 3.93. The normalized spacial score (nSPS) is 14.8. The van der Waals surface area contributed by atoms with Crippen LogP contribution in [0.4, 0.5) is 5.82 Å². The Balaban J connectivity index is 1.50. The number of anilines is 1. The number of nitrogens with zero attached hydrogens (tertiary/aromatic N) is 5. The average molecular weight is 338 g/mol. The van der Waals surface area contributed by atoms with Gasteiger partial charge in [-0.2, -0.15) is 0 Å². The van der Waals surface area contributed by atoms with Gasteiger partial charge in [0.05, 0.1) is 19.0 Å². The van der Waals surface area contributed by atoms with Crippen LogP contribution in [-0.4, -0.2) is 64.0 Å². The molecule has 1 N–H and O–H groups in total. The highest BCUT2D eigenvalue weighted by Gasteiger charge is 2.25. The van der Waals surface area contributed by atoms with E-state index in [1.54, 1.807) is 25.6 Å². The fourth-order valence-electron chi connectivity index (χ4n) is 3.11. The van der Waals surface area contributed by atoms with Crippen molar-refractivity contribution in [3.63, 3.8) is 0 Å². The highest BCUT2D eigenvalue weighted by atomic mass is 16.5. The van der Waals surface area contributed by atoms with Gasteiger partial charge in [0.1, 0.15) is 17.6 Å². The number of imidazole rings is 1. The van der Waals surface area contributed by atoms with Crippen molar-refractivity contribution in [1.82, 2.24) is 24.8 Å². The molecule has 0 atom stereocenters. The summed E-state index contributed by atoms with van der Waals surface area (Å²) in [5, 5.41) is 0. The van der Waals surface area contributed by atoms with E-state index in [1.807, 2.05) is 17.0 Å². The number of carbonyl (C=O) groups excluding carboxylic acids is 1. The largest absolute Gasteiger partial charge is 0.496 e. The average Bonchev–Trinajstić information content (AvgIpc) is 3.16. The van der Waals surface area contributed by atoms with E-state index < -0.39 is 0 Å². The van der Waals surface area contributed by atoms with Crippen LogP contribution >= 0.6 is 0 Å². The van der Waals surface area contributed by atoms with Crippen molar-refractivity contribution in [2.75, 3.05) is 38.2 Å². The van der Waals surface area contributed by atoms with E-state index in [0.717, 1.165) is 11.3 Å². The van der Waals surface area contributed by atoms with Crippen molar-refractivity contribution in [1.29, 1.82) is 0 Å². The van der Waals surface area contributed by atoms with Crippen LogP contribution in [0.25, 0.3) is 11.2 Å². The molecule has 1 aromatic carbocycles. The number of amides is 1. The van der Waals surface area contributed by atoms with Gasteiger partial charge < -0.3 is 19.5 Å². The van der Waals surface area contributed by atoms with E-state index in [-0.39, 0.29) is 5.91 Å². The molecular formula is C17H18N6O2. The molecule has 3 heterocycles. The lowest BCUT2D eigenvalue weighted by molar-refractivity contribution is 0.0743. The summed E-state index contributed by atoms with van der Waals surface area (Å²) in [6.45, 7) is 2.64. The molecule has 0 saturated carbocycles. The molecule has 128 valence electrons. The molecule has 0 bridgehead atoms. The van der Waals surface area contributed by atoms with Crippen molar-refractivity contribution < 1.29 is 9.53 Å². The quantitative estimate of drug-likeness (QED) is 0.775. The molecule has 3 aromatic rings. The minimum absolute atomic E-state index is 0.00789. The number of H-pyrrole nitrogens is 1. The number of aromatic amines is 1. The number of para-hydroxylation sites is 1. The number of ether oxygens (including phenoxy) is 1. The van der Waals surface area contributed by atoms with E-state index in [9.17, 15) is 4.79 Å².